The molecule has 3 nitrogen and oxygen atoms in total. The predicted molar refractivity (Wildman–Crippen MR) is 116 cm³/mol. The molecule has 1 fully saturated rings. The van der Waals surface area contributed by atoms with Gasteiger partial charge in [-0.25, -0.2) is 0 Å². The number of hydrogen-bond donors (Lipinski definition) is 1. The lowest BCUT2D eigenvalue weighted by Crippen LogP contribution is -2.35. The minimum Gasteiger partial charge on any atom is -0.356 e. The molecule has 3 rings (SSSR count). The summed E-state index contributed by atoms with van der Waals surface area (Å²) in [7, 11) is 4.36. The van der Waals surface area contributed by atoms with Gasteiger partial charge in [0.1, 0.15) is 0 Å². The van der Waals surface area contributed by atoms with Crippen LogP contribution in [0.1, 0.15) is 42.9 Å². The van der Waals surface area contributed by atoms with Crippen molar-refractivity contribution in [3.63, 3.8) is 0 Å². The largest absolute Gasteiger partial charge is 0.356 e. The van der Waals surface area contributed by atoms with Crippen LogP contribution in [0.25, 0.3) is 0 Å². The molecule has 0 saturated heterocycles. The Morgan fingerprint density at radius 2 is 1.68 bits per heavy atom. The monoisotopic (exact) mass is 398 g/mol. The molecule has 1 aliphatic carbocycles. The van der Waals surface area contributed by atoms with Crippen molar-refractivity contribution < 1.29 is 4.79 Å². The van der Waals surface area contributed by atoms with Gasteiger partial charge in [-0.2, -0.15) is 0 Å². The number of hydrogen-bond acceptors (Lipinski definition) is 2. The Bertz CT molecular complexity index is 737. The van der Waals surface area contributed by atoms with Gasteiger partial charge in [0.2, 0.25) is 5.91 Å². The Balaban J connectivity index is 1.45. The van der Waals surface area contributed by atoms with Gasteiger partial charge in [0, 0.05) is 17.6 Å². The van der Waals surface area contributed by atoms with E-state index in [0.717, 1.165) is 12.1 Å². The van der Waals surface area contributed by atoms with Gasteiger partial charge in [-0.05, 0) is 74.9 Å². The summed E-state index contributed by atoms with van der Waals surface area (Å²) in [5, 5.41) is 3.83. The molecule has 28 heavy (non-hydrogen) atoms. The highest BCUT2D eigenvalue weighted by Gasteiger charge is 2.29. The molecule has 2 aromatic carbocycles. The van der Waals surface area contributed by atoms with E-state index in [2.05, 4.69) is 54.6 Å². The molecule has 1 saturated carbocycles. The third kappa shape index (κ3) is 5.83. The number of amides is 1. The van der Waals surface area contributed by atoms with E-state index in [1.165, 1.54) is 31.2 Å². The highest BCUT2D eigenvalue weighted by atomic mass is 35.5. The first-order valence-corrected chi connectivity index (χ1v) is 10.6. The molecule has 4 heteroatoms. The first kappa shape index (κ1) is 20.9. The Hall–Kier alpha value is -1.84. The number of rotatable bonds is 7. The minimum absolute atomic E-state index is 0.0971. The van der Waals surface area contributed by atoms with Crippen LogP contribution in [-0.4, -0.2) is 31.4 Å². The quantitative estimate of drug-likeness (QED) is 0.702. The fraction of sp³-hybridized carbons (Fsp3) is 0.458. The van der Waals surface area contributed by atoms with E-state index < -0.39 is 0 Å². The molecule has 0 radical (unpaired) electrons. The van der Waals surface area contributed by atoms with Crippen molar-refractivity contribution in [3.8, 4) is 0 Å². The topological polar surface area (TPSA) is 32.3 Å². The number of carbonyl (C=O) groups is 1. The second kappa shape index (κ2) is 10.1. The highest BCUT2D eigenvalue weighted by molar-refractivity contribution is 6.30. The summed E-state index contributed by atoms with van der Waals surface area (Å²) in [5.41, 5.74) is 2.41. The zero-order valence-corrected chi connectivity index (χ0v) is 17.7. The second-order valence-electron chi connectivity index (χ2n) is 8.21. The average molecular weight is 399 g/mol. The number of nitrogens with one attached hydrogen (secondary N) is 1. The second-order valence-corrected chi connectivity index (χ2v) is 8.64. The van der Waals surface area contributed by atoms with Crippen molar-refractivity contribution >= 4 is 17.5 Å². The van der Waals surface area contributed by atoms with E-state index in [4.69, 9.17) is 11.6 Å². The zero-order chi connectivity index (χ0) is 19.9. The van der Waals surface area contributed by atoms with E-state index in [9.17, 15) is 4.79 Å². The molecule has 2 aromatic rings. The van der Waals surface area contributed by atoms with Crippen molar-refractivity contribution in [3.05, 3.63) is 70.7 Å². The Kier molecular flexibility index (Phi) is 7.52. The molecule has 0 bridgehead atoms. The van der Waals surface area contributed by atoms with Crippen molar-refractivity contribution in [2.75, 3.05) is 20.6 Å². The summed E-state index contributed by atoms with van der Waals surface area (Å²) in [4.78, 5) is 14.6. The molecule has 1 aliphatic rings. The van der Waals surface area contributed by atoms with Gasteiger partial charge >= 0.3 is 0 Å². The lowest BCUT2D eigenvalue weighted by Gasteiger charge is -2.37. The van der Waals surface area contributed by atoms with Gasteiger partial charge in [-0.1, -0.05) is 54.1 Å². The Labute approximate surface area is 174 Å². The summed E-state index contributed by atoms with van der Waals surface area (Å²) < 4.78 is 0. The molecule has 1 unspecified atom stereocenters. The maximum Gasteiger partial charge on any atom is 0.224 e. The van der Waals surface area contributed by atoms with Crippen molar-refractivity contribution in [1.82, 2.24) is 10.2 Å². The van der Waals surface area contributed by atoms with E-state index in [1.54, 1.807) is 0 Å². The van der Waals surface area contributed by atoms with Crippen molar-refractivity contribution in [1.29, 1.82) is 0 Å². The fourth-order valence-electron chi connectivity index (χ4n) is 4.46. The number of carbonyl (C=O) groups excluding carboxylic acids is 1. The van der Waals surface area contributed by atoms with Crippen LogP contribution in [-0.2, 0) is 11.2 Å². The third-order valence-electron chi connectivity index (χ3n) is 5.90. The van der Waals surface area contributed by atoms with Gasteiger partial charge in [0.05, 0.1) is 6.42 Å². The van der Waals surface area contributed by atoms with Gasteiger partial charge in [-0.15, -0.1) is 0 Å². The van der Waals surface area contributed by atoms with E-state index in [-0.39, 0.29) is 5.91 Å². The number of halogens is 1. The van der Waals surface area contributed by atoms with Crippen LogP contribution in [0.5, 0.6) is 0 Å². The molecule has 1 atom stereocenters. The lowest BCUT2D eigenvalue weighted by molar-refractivity contribution is -0.120. The Morgan fingerprint density at radius 1 is 1.04 bits per heavy atom. The van der Waals surface area contributed by atoms with E-state index in [0.29, 0.717) is 29.3 Å². The summed E-state index contributed by atoms with van der Waals surface area (Å²) >= 11 is 5.90. The first-order valence-electron chi connectivity index (χ1n) is 10.3. The maximum absolute atomic E-state index is 12.2. The molecule has 150 valence electrons. The molecule has 1 amide bonds. The molecule has 0 aliphatic heterocycles. The highest BCUT2D eigenvalue weighted by Crippen LogP contribution is 2.39. The normalized spacial score (nSPS) is 20.7. The molecular weight excluding hydrogens is 368 g/mol. The number of nitrogens with zero attached hydrogens (tertiary/aromatic N) is 1. The zero-order valence-electron chi connectivity index (χ0n) is 16.9. The lowest BCUT2D eigenvalue weighted by atomic mass is 9.76. The molecule has 1 N–H and O–H groups in total. The SMILES string of the molecule is CN(C)C(c1ccccc1)C1CCC(CNC(=O)Cc2ccc(Cl)cc2)CC1. The summed E-state index contributed by atoms with van der Waals surface area (Å²) in [6, 6.07) is 18.8. The van der Waals surface area contributed by atoms with Gasteiger partial charge in [0.15, 0.2) is 0 Å². The smallest absolute Gasteiger partial charge is 0.224 e. The predicted octanol–water partition coefficient (Wildman–Crippen LogP) is 5.11. The molecule has 0 spiro atoms. The molecule has 0 heterocycles. The van der Waals surface area contributed by atoms with Crippen LogP contribution in [0.4, 0.5) is 0 Å². The van der Waals surface area contributed by atoms with Crippen molar-refractivity contribution in [2.24, 2.45) is 11.8 Å². The maximum atomic E-state index is 12.2. The van der Waals surface area contributed by atoms with Crippen LogP contribution in [0.2, 0.25) is 5.02 Å². The minimum atomic E-state index is 0.0971. The fourth-order valence-corrected chi connectivity index (χ4v) is 4.58. The third-order valence-corrected chi connectivity index (χ3v) is 6.15. The summed E-state index contributed by atoms with van der Waals surface area (Å²) in [5.74, 6) is 1.36. The average Bonchev–Trinajstić information content (AvgIpc) is 2.70. The van der Waals surface area contributed by atoms with Crippen LogP contribution in [0.15, 0.2) is 54.6 Å². The molecule has 0 aromatic heterocycles. The van der Waals surface area contributed by atoms with E-state index in [1.807, 2.05) is 24.3 Å². The van der Waals surface area contributed by atoms with Crippen LogP contribution in [0.3, 0.4) is 0 Å². The number of benzene rings is 2. The standard InChI is InChI=1S/C24H31ClN2O/c1-27(2)24(20-6-4-3-5-7-20)21-12-8-19(9-13-21)17-26-23(28)16-18-10-14-22(25)15-11-18/h3-7,10-11,14-15,19,21,24H,8-9,12-13,16-17H2,1-2H3,(H,26,28). The van der Waals surface area contributed by atoms with Gasteiger partial charge < -0.3 is 10.2 Å². The van der Waals surface area contributed by atoms with Gasteiger partial charge in [-0.3, -0.25) is 4.79 Å². The van der Waals surface area contributed by atoms with Gasteiger partial charge in [0.25, 0.3) is 0 Å². The van der Waals surface area contributed by atoms with Crippen LogP contribution < -0.4 is 5.32 Å². The van der Waals surface area contributed by atoms with Crippen LogP contribution >= 0.6 is 11.6 Å². The van der Waals surface area contributed by atoms with Crippen molar-refractivity contribution in [2.45, 2.75) is 38.1 Å². The van der Waals surface area contributed by atoms with Crippen LogP contribution in [0, 0.1) is 11.8 Å². The first-order chi connectivity index (χ1) is 13.5. The van der Waals surface area contributed by atoms with E-state index >= 15 is 0 Å². The summed E-state index contributed by atoms with van der Waals surface area (Å²) in [6.07, 6.45) is 5.22. The Morgan fingerprint density at radius 3 is 2.29 bits per heavy atom. The molecular formula is C24H31ClN2O. The summed E-state index contributed by atoms with van der Waals surface area (Å²) in [6.45, 7) is 0.789.